The Morgan fingerprint density at radius 1 is 1.15 bits per heavy atom. The van der Waals surface area contributed by atoms with E-state index in [9.17, 15) is 9.59 Å². The van der Waals surface area contributed by atoms with E-state index < -0.39 is 0 Å². The van der Waals surface area contributed by atoms with E-state index >= 15 is 0 Å². The Bertz CT molecular complexity index is 797. The molecule has 0 bridgehead atoms. The third-order valence-corrected chi connectivity index (χ3v) is 5.05. The molecule has 27 heavy (non-hydrogen) atoms. The van der Waals surface area contributed by atoms with Gasteiger partial charge in [0.05, 0.1) is 12.0 Å². The fourth-order valence-electron chi connectivity index (χ4n) is 3.29. The number of urea groups is 1. The van der Waals surface area contributed by atoms with E-state index in [1.165, 1.54) is 0 Å². The van der Waals surface area contributed by atoms with Crippen LogP contribution in [0.2, 0.25) is 5.02 Å². The van der Waals surface area contributed by atoms with E-state index in [-0.39, 0.29) is 23.9 Å². The third kappa shape index (κ3) is 5.23. The average molecular weight is 386 g/mol. The van der Waals surface area contributed by atoms with Crippen molar-refractivity contribution in [3.05, 3.63) is 65.2 Å². The van der Waals surface area contributed by atoms with Crippen LogP contribution in [0.25, 0.3) is 0 Å². The summed E-state index contributed by atoms with van der Waals surface area (Å²) in [5, 5.41) is 6.58. The zero-order valence-electron chi connectivity index (χ0n) is 15.3. The van der Waals surface area contributed by atoms with Gasteiger partial charge in [-0.15, -0.1) is 0 Å². The van der Waals surface area contributed by atoms with Crippen LogP contribution in [0.3, 0.4) is 0 Å². The number of likely N-dealkylation sites (tertiary alicyclic amines) is 1. The highest BCUT2D eigenvalue weighted by molar-refractivity contribution is 6.30. The molecule has 1 aliphatic heterocycles. The molecule has 2 N–H and O–H groups in total. The Morgan fingerprint density at radius 2 is 1.93 bits per heavy atom. The van der Waals surface area contributed by atoms with Gasteiger partial charge >= 0.3 is 6.03 Å². The fraction of sp³-hybridized carbons (Fsp3) is 0.333. The monoisotopic (exact) mass is 385 g/mol. The van der Waals surface area contributed by atoms with E-state index in [0.29, 0.717) is 18.1 Å². The second kappa shape index (κ2) is 8.91. The predicted octanol–water partition coefficient (Wildman–Crippen LogP) is 4.46. The number of nitrogens with one attached hydrogen (secondary N) is 2. The summed E-state index contributed by atoms with van der Waals surface area (Å²) in [6.45, 7) is 3.02. The number of piperidine rings is 1. The number of amides is 3. The van der Waals surface area contributed by atoms with Crippen molar-refractivity contribution in [3.8, 4) is 0 Å². The minimum Gasteiger partial charge on any atom is -0.349 e. The fourth-order valence-corrected chi connectivity index (χ4v) is 3.49. The standard InChI is InChI=1S/C21H24ClN3O2/c1-15(16-7-5-9-18(22)13-16)23-20(26)17-8-6-12-25(14-17)21(27)24-19-10-3-2-4-11-19/h2-5,7,9-11,13,15,17H,6,8,12,14H2,1H3,(H,23,26)(H,24,27)/t15-,17-/m1/s1. The van der Waals surface area contributed by atoms with E-state index in [2.05, 4.69) is 10.6 Å². The van der Waals surface area contributed by atoms with Crippen molar-refractivity contribution >= 4 is 29.2 Å². The maximum absolute atomic E-state index is 12.7. The Hall–Kier alpha value is -2.53. The Labute approximate surface area is 164 Å². The highest BCUT2D eigenvalue weighted by Gasteiger charge is 2.29. The van der Waals surface area contributed by atoms with Crippen LogP contribution in [-0.4, -0.2) is 29.9 Å². The molecule has 0 aromatic heterocycles. The number of carbonyl (C=O) groups is 2. The molecule has 2 aromatic rings. The van der Waals surface area contributed by atoms with Crippen molar-refractivity contribution in [3.63, 3.8) is 0 Å². The SMILES string of the molecule is C[C@@H](NC(=O)[C@@H]1CCCN(C(=O)Nc2ccccc2)C1)c1cccc(Cl)c1. The number of para-hydroxylation sites is 1. The predicted molar refractivity (Wildman–Crippen MR) is 108 cm³/mol. The third-order valence-electron chi connectivity index (χ3n) is 4.81. The molecule has 3 amide bonds. The molecule has 0 radical (unpaired) electrons. The smallest absolute Gasteiger partial charge is 0.321 e. The average Bonchev–Trinajstić information content (AvgIpc) is 2.68. The van der Waals surface area contributed by atoms with E-state index in [1.807, 2.05) is 61.5 Å². The van der Waals surface area contributed by atoms with Crippen LogP contribution in [-0.2, 0) is 4.79 Å². The van der Waals surface area contributed by atoms with Crippen LogP contribution >= 0.6 is 11.6 Å². The van der Waals surface area contributed by atoms with Gasteiger partial charge in [0.15, 0.2) is 0 Å². The first-order valence-electron chi connectivity index (χ1n) is 9.20. The molecular weight excluding hydrogens is 362 g/mol. The van der Waals surface area contributed by atoms with Crippen molar-refractivity contribution < 1.29 is 9.59 Å². The summed E-state index contributed by atoms with van der Waals surface area (Å²) in [6, 6.07) is 16.5. The topological polar surface area (TPSA) is 61.4 Å². The second-order valence-corrected chi connectivity index (χ2v) is 7.30. The first kappa shape index (κ1) is 19.2. The summed E-state index contributed by atoms with van der Waals surface area (Å²) in [5.41, 5.74) is 1.72. The minimum atomic E-state index is -0.207. The van der Waals surface area contributed by atoms with Gasteiger partial charge in [-0.3, -0.25) is 4.79 Å². The van der Waals surface area contributed by atoms with Crippen LogP contribution in [0.15, 0.2) is 54.6 Å². The van der Waals surface area contributed by atoms with Gasteiger partial charge in [-0.05, 0) is 49.6 Å². The van der Waals surface area contributed by atoms with Crippen LogP contribution < -0.4 is 10.6 Å². The first-order valence-corrected chi connectivity index (χ1v) is 9.57. The van der Waals surface area contributed by atoms with Crippen molar-refractivity contribution in [1.29, 1.82) is 0 Å². The molecular formula is C21H24ClN3O2. The minimum absolute atomic E-state index is 0.0281. The molecule has 5 nitrogen and oxygen atoms in total. The van der Waals surface area contributed by atoms with E-state index in [1.54, 1.807) is 4.90 Å². The van der Waals surface area contributed by atoms with Gasteiger partial charge in [0, 0.05) is 23.8 Å². The highest BCUT2D eigenvalue weighted by Crippen LogP contribution is 2.21. The van der Waals surface area contributed by atoms with Gasteiger partial charge < -0.3 is 15.5 Å². The van der Waals surface area contributed by atoms with Gasteiger partial charge in [-0.1, -0.05) is 41.9 Å². The molecule has 0 spiro atoms. The molecule has 1 saturated heterocycles. The molecule has 1 aliphatic rings. The number of carbonyl (C=O) groups excluding carboxylic acids is 2. The van der Waals surface area contributed by atoms with Gasteiger partial charge in [-0.2, -0.15) is 0 Å². The van der Waals surface area contributed by atoms with Crippen LogP contribution in [0.1, 0.15) is 31.4 Å². The highest BCUT2D eigenvalue weighted by atomic mass is 35.5. The van der Waals surface area contributed by atoms with Crippen LogP contribution in [0.5, 0.6) is 0 Å². The van der Waals surface area contributed by atoms with E-state index in [0.717, 1.165) is 24.1 Å². The zero-order chi connectivity index (χ0) is 19.2. The number of benzene rings is 2. The summed E-state index contributed by atoms with van der Waals surface area (Å²) in [4.78, 5) is 26.9. The lowest BCUT2D eigenvalue weighted by Crippen LogP contribution is -2.47. The van der Waals surface area contributed by atoms with Crippen LogP contribution in [0.4, 0.5) is 10.5 Å². The number of hydrogen-bond donors (Lipinski definition) is 2. The Kier molecular flexibility index (Phi) is 6.35. The number of halogens is 1. The normalized spacial score (nSPS) is 17.9. The maximum atomic E-state index is 12.7. The maximum Gasteiger partial charge on any atom is 0.321 e. The van der Waals surface area contributed by atoms with Crippen molar-refractivity contribution in [1.82, 2.24) is 10.2 Å². The number of anilines is 1. The molecule has 1 heterocycles. The molecule has 2 aromatic carbocycles. The van der Waals surface area contributed by atoms with Crippen LogP contribution in [0, 0.1) is 5.92 Å². The lowest BCUT2D eigenvalue weighted by Gasteiger charge is -2.32. The molecule has 6 heteroatoms. The molecule has 0 aliphatic carbocycles. The Morgan fingerprint density at radius 3 is 2.67 bits per heavy atom. The number of nitrogens with zero attached hydrogens (tertiary/aromatic N) is 1. The molecule has 0 saturated carbocycles. The van der Waals surface area contributed by atoms with E-state index in [4.69, 9.17) is 11.6 Å². The van der Waals surface area contributed by atoms with Gasteiger partial charge in [-0.25, -0.2) is 4.79 Å². The summed E-state index contributed by atoms with van der Waals surface area (Å²) in [5.74, 6) is -0.235. The van der Waals surface area contributed by atoms with Gasteiger partial charge in [0.25, 0.3) is 0 Å². The molecule has 0 unspecified atom stereocenters. The number of hydrogen-bond acceptors (Lipinski definition) is 2. The summed E-state index contributed by atoms with van der Waals surface area (Å²) in [6.07, 6.45) is 1.59. The summed E-state index contributed by atoms with van der Waals surface area (Å²) >= 11 is 6.03. The summed E-state index contributed by atoms with van der Waals surface area (Å²) < 4.78 is 0. The largest absolute Gasteiger partial charge is 0.349 e. The first-order chi connectivity index (χ1) is 13.0. The quantitative estimate of drug-likeness (QED) is 0.816. The lowest BCUT2D eigenvalue weighted by atomic mass is 9.96. The Balaban J connectivity index is 1.56. The van der Waals surface area contributed by atoms with Gasteiger partial charge in [0.1, 0.15) is 0 Å². The van der Waals surface area contributed by atoms with Crippen molar-refractivity contribution in [2.45, 2.75) is 25.8 Å². The lowest BCUT2D eigenvalue weighted by molar-refractivity contribution is -0.126. The van der Waals surface area contributed by atoms with Gasteiger partial charge in [0.2, 0.25) is 5.91 Å². The molecule has 2 atom stereocenters. The molecule has 1 fully saturated rings. The van der Waals surface area contributed by atoms with Crippen molar-refractivity contribution in [2.24, 2.45) is 5.92 Å². The molecule has 142 valence electrons. The molecule has 3 rings (SSSR count). The summed E-state index contributed by atoms with van der Waals surface area (Å²) in [7, 11) is 0. The van der Waals surface area contributed by atoms with Crippen molar-refractivity contribution in [2.75, 3.05) is 18.4 Å². The number of rotatable bonds is 4. The second-order valence-electron chi connectivity index (χ2n) is 6.87. The zero-order valence-corrected chi connectivity index (χ0v) is 16.1.